The summed E-state index contributed by atoms with van der Waals surface area (Å²) in [6.45, 7) is 3.07. The summed E-state index contributed by atoms with van der Waals surface area (Å²) >= 11 is 3.53. The maximum atomic E-state index is 11.9. The molecule has 1 aliphatic heterocycles. The standard InChI is InChI=1S/C13H16BrN3O/c14-11-8-17(7-9-2-1-4-15-6-9)12-10(11)3-5-16-13(12)18/h3,5,8-9,15H,1-2,4,6-7H2,(H,16,18). The molecular formula is C13H16BrN3O. The van der Waals surface area contributed by atoms with Gasteiger partial charge in [0.15, 0.2) is 0 Å². The van der Waals surface area contributed by atoms with E-state index >= 15 is 0 Å². The van der Waals surface area contributed by atoms with E-state index in [0.29, 0.717) is 5.92 Å². The van der Waals surface area contributed by atoms with Gasteiger partial charge in [-0.3, -0.25) is 4.79 Å². The normalized spacial score (nSPS) is 20.4. The molecule has 5 heteroatoms. The predicted molar refractivity (Wildman–Crippen MR) is 75.9 cm³/mol. The second-order valence-electron chi connectivity index (χ2n) is 4.91. The van der Waals surface area contributed by atoms with Crippen molar-refractivity contribution in [3.63, 3.8) is 0 Å². The van der Waals surface area contributed by atoms with Gasteiger partial charge in [-0.1, -0.05) is 0 Å². The van der Waals surface area contributed by atoms with Crippen LogP contribution in [-0.4, -0.2) is 22.6 Å². The summed E-state index contributed by atoms with van der Waals surface area (Å²) in [7, 11) is 0. The van der Waals surface area contributed by atoms with E-state index in [2.05, 4.69) is 30.8 Å². The first-order valence-corrected chi connectivity index (χ1v) is 7.12. The molecule has 0 bridgehead atoms. The van der Waals surface area contributed by atoms with E-state index in [1.54, 1.807) is 6.20 Å². The lowest BCUT2D eigenvalue weighted by molar-refractivity contribution is 0.340. The Morgan fingerprint density at radius 2 is 2.39 bits per heavy atom. The molecule has 3 rings (SSSR count). The molecule has 0 radical (unpaired) electrons. The van der Waals surface area contributed by atoms with Gasteiger partial charge >= 0.3 is 0 Å². The topological polar surface area (TPSA) is 49.8 Å². The maximum Gasteiger partial charge on any atom is 0.272 e. The molecule has 96 valence electrons. The molecule has 3 heterocycles. The number of nitrogens with zero attached hydrogens (tertiary/aromatic N) is 1. The first-order chi connectivity index (χ1) is 8.75. The highest BCUT2D eigenvalue weighted by Gasteiger charge is 2.16. The monoisotopic (exact) mass is 309 g/mol. The van der Waals surface area contributed by atoms with E-state index in [0.717, 1.165) is 35.0 Å². The van der Waals surface area contributed by atoms with Gasteiger partial charge in [-0.25, -0.2) is 0 Å². The second-order valence-corrected chi connectivity index (χ2v) is 5.77. The van der Waals surface area contributed by atoms with E-state index in [9.17, 15) is 4.79 Å². The highest BCUT2D eigenvalue weighted by Crippen LogP contribution is 2.25. The van der Waals surface area contributed by atoms with Crippen molar-refractivity contribution in [3.05, 3.63) is 33.3 Å². The summed E-state index contributed by atoms with van der Waals surface area (Å²) in [6, 6.07) is 1.94. The maximum absolute atomic E-state index is 11.9. The van der Waals surface area contributed by atoms with Crippen molar-refractivity contribution in [1.82, 2.24) is 14.9 Å². The van der Waals surface area contributed by atoms with Gasteiger partial charge in [0, 0.05) is 28.8 Å². The number of aromatic amines is 1. The molecule has 0 aliphatic carbocycles. The Morgan fingerprint density at radius 3 is 3.17 bits per heavy atom. The minimum Gasteiger partial charge on any atom is -0.342 e. The summed E-state index contributed by atoms with van der Waals surface area (Å²) in [5.74, 6) is 0.612. The van der Waals surface area contributed by atoms with Crippen LogP contribution >= 0.6 is 15.9 Å². The summed E-state index contributed by atoms with van der Waals surface area (Å²) in [4.78, 5) is 14.7. The number of rotatable bonds is 2. The Morgan fingerprint density at radius 1 is 1.50 bits per heavy atom. The van der Waals surface area contributed by atoms with Crippen LogP contribution in [0.25, 0.3) is 10.9 Å². The van der Waals surface area contributed by atoms with Crippen LogP contribution in [0.1, 0.15) is 12.8 Å². The fraction of sp³-hybridized carbons (Fsp3) is 0.462. The molecular weight excluding hydrogens is 294 g/mol. The number of H-pyrrole nitrogens is 1. The van der Waals surface area contributed by atoms with Crippen LogP contribution in [0.5, 0.6) is 0 Å². The smallest absolute Gasteiger partial charge is 0.272 e. The largest absolute Gasteiger partial charge is 0.342 e. The molecule has 18 heavy (non-hydrogen) atoms. The lowest BCUT2D eigenvalue weighted by Gasteiger charge is -2.23. The van der Waals surface area contributed by atoms with Gasteiger partial charge in [0.2, 0.25) is 0 Å². The molecule has 0 spiro atoms. The number of halogens is 1. The van der Waals surface area contributed by atoms with E-state index in [-0.39, 0.29) is 5.56 Å². The number of nitrogens with one attached hydrogen (secondary N) is 2. The van der Waals surface area contributed by atoms with Crippen LogP contribution in [0.15, 0.2) is 27.7 Å². The molecule has 2 aromatic heterocycles. The second kappa shape index (κ2) is 4.90. The Balaban J connectivity index is 1.98. The van der Waals surface area contributed by atoms with Crippen LogP contribution in [0.2, 0.25) is 0 Å². The van der Waals surface area contributed by atoms with Crippen LogP contribution in [-0.2, 0) is 6.54 Å². The third-order valence-electron chi connectivity index (χ3n) is 3.60. The van der Waals surface area contributed by atoms with Crippen LogP contribution < -0.4 is 10.9 Å². The molecule has 1 fully saturated rings. The van der Waals surface area contributed by atoms with Crippen molar-refractivity contribution >= 4 is 26.8 Å². The molecule has 2 aromatic rings. The van der Waals surface area contributed by atoms with Crippen molar-refractivity contribution < 1.29 is 0 Å². The van der Waals surface area contributed by atoms with Gasteiger partial charge < -0.3 is 14.9 Å². The fourth-order valence-corrected chi connectivity index (χ4v) is 3.29. The van der Waals surface area contributed by atoms with Gasteiger partial charge in [0.1, 0.15) is 5.52 Å². The van der Waals surface area contributed by atoms with E-state index < -0.39 is 0 Å². The number of aromatic nitrogens is 2. The average Bonchev–Trinajstić information content (AvgIpc) is 2.69. The van der Waals surface area contributed by atoms with Crippen LogP contribution in [0, 0.1) is 5.92 Å². The molecule has 4 nitrogen and oxygen atoms in total. The van der Waals surface area contributed by atoms with Crippen molar-refractivity contribution in [1.29, 1.82) is 0 Å². The van der Waals surface area contributed by atoms with Gasteiger partial charge in [0.25, 0.3) is 5.56 Å². The Kier molecular flexibility index (Phi) is 3.26. The molecule has 0 amide bonds. The van der Waals surface area contributed by atoms with E-state index in [4.69, 9.17) is 0 Å². The van der Waals surface area contributed by atoms with E-state index in [1.165, 1.54) is 12.8 Å². The predicted octanol–water partition coefficient (Wildman–Crippen LogP) is 2.09. The van der Waals surface area contributed by atoms with Crippen LogP contribution in [0.3, 0.4) is 0 Å². The first-order valence-electron chi connectivity index (χ1n) is 6.32. The Bertz CT molecular complexity index is 610. The number of fused-ring (bicyclic) bond motifs is 1. The average molecular weight is 310 g/mol. The summed E-state index contributed by atoms with van der Waals surface area (Å²) in [5, 5.41) is 4.40. The molecule has 0 aromatic carbocycles. The van der Waals surface area contributed by atoms with Gasteiger partial charge in [0.05, 0.1) is 0 Å². The van der Waals surface area contributed by atoms with Gasteiger partial charge in [-0.15, -0.1) is 0 Å². The lowest BCUT2D eigenvalue weighted by Crippen LogP contribution is -2.32. The van der Waals surface area contributed by atoms with Crippen LogP contribution in [0.4, 0.5) is 0 Å². The van der Waals surface area contributed by atoms with Gasteiger partial charge in [-0.05, 0) is 53.8 Å². The quantitative estimate of drug-likeness (QED) is 0.892. The Hall–Kier alpha value is -1.07. The molecule has 1 unspecified atom stereocenters. The fourth-order valence-electron chi connectivity index (χ4n) is 2.72. The first kappa shape index (κ1) is 12.0. The molecule has 0 saturated carbocycles. The molecule has 2 N–H and O–H groups in total. The zero-order chi connectivity index (χ0) is 12.5. The molecule has 1 saturated heterocycles. The summed E-state index contributed by atoms with van der Waals surface area (Å²) in [5.41, 5.74) is 0.761. The van der Waals surface area contributed by atoms with E-state index in [1.807, 2.05) is 12.3 Å². The highest BCUT2D eigenvalue weighted by molar-refractivity contribution is 9.10. The summed E-state index contributed by atoms with van der Waals surface area (Å²) in [6.07, 6.45) is 6.17. The SMILES string of the molecule is O=c1[nH]ccc2c(Br)cn(CC3CCCNC3)c12. The number of hydrogen-bond acceptors (Lipinski definition) is 2. The number of hydrogen-bond donors (Lipinski definition) is 2. The number of piperidine rings is 1. The minimum absolute atomic E-state index is 0.0121. The van der Waals surface area contributed by atoms with Crippen molar-refractivity contribution in [3.8, 4) is 0 Å². The zero-order valence-corrected chi connectivity index (χ0v) is 11.7. The zero-order valence-electron chi connectivity index (χ0n) is 10.1. The van der Waals surface area contributed by atoms with Gasteiger partial charge in [-0.2, -0.15) is 0 Å². The molecule has 1 aliphatic rings. The lowest BCUT2D eigenvalue weighted by atomic mass is 10.00. The number of pyridine rings is 1. The third kappa shape index (κ3) is 2.12. The highest BCUT2D eigenvalue weighted by atomic mass is 79.9. The third-order valence-corrected chi connectivity index (χ3v) is 4.23. The van der Waals surface area contributed by atoms with Crippen molar-refractivity contribution in [2.24, 2.45) is 5.92 Å². The minimum atomic E-state index is -0.0121. The van der Waals surface area contributed by atoms with Crippen molar-refractivity contribution in [2.75, 3.05) is 13.1 Å². The van der Waals surface area contributed by atoms with Crippen molar-refractivity contribution in [2.45, 2.75) is 19.4 Å². The summed E-state index contributed by atoms with van der Waals surface area (Å²) < 4.78 is 3.07. The Labute approximate surface area is 114 Å². The molecule has 1 atom stereocenters.